The first-order chi connectivity index (χ1) is 16.2. The molecule has 1 aliphatic carbocycles. The maximum absolute atomic E-state index is 14.0. The van der Waals surface area contributed by atoms with Gasteiger partial charge in [0.25, 0.3) is 5.91 Å². The summed E-state index contributed by atoms with van der Waals surface area (Å²) in [5.74, 6) is -0.333. The molecule has 172 valence electrons. The summed E-state index contributed by atoms with van der Waals surface area (Å²) >= 11 is 0.998. The van der Waals surface area contributed by atoms with Crippen LogP contribution in [0.4, 0.5) is 16.4 Å². The Morgan fingerprint density at radius 3 is 2.47 bits per heavy atom. The van der Waals surface area contributed by atoms with Crippen LogP contribution in [0.5, 0.6) is 0 Å². The molecular weight excluding hydrogens is 450 g/mol. The average molecular weight is 474 g/mol. The highest BCUT2D eigenvalue weighted by Gasteiger charge is 2.44. The quantitative estimate of drug-likeness (QED) is 0.366. The molecule has 8 heteroatoms. The smallest absolute Gasteiger partial charge is 0.324 e. The number of amides is 1. The van der Waals surface area contributed by atoms with Gasteiger partial charge in [0.1, 0.15) is 6.04 Å². The average Bonchev–Trinajstić information content (AvgIpc) is 3.23. The second-order valence-corrected chi connectivity index (χ2v) is 10.4. The zero-order valence-corrected chi connectivity index (χ0v) is 19.6. The standard InChI is InChI=1S/C26H23N3O4S/c1-26(2)14-18-23(20(30)15-26)24(21-12-13-22(34-21)29(32)33)28(19-11-7-6-10-17(19)27-18)25(31)16-8-4-3-5-9-16/h3-13,24,27H,14-15H2,1-2H3/t24-/m1/s1. The predicted octanol–water partition coefficient (Wildman–Crippen LogP) is 6.11. The number of nitro groups is 1. The molecule has 3 aromatic rings. The Kier molecular flexibility index (Phi) is 5.32. The fraction of sp³-hybridized carbons (Fsp3) is 0.231. The molecule has 1 aliphatic heterocycles. The molecule has 1 amide bonds. The van der Waals surface area contributed by atoms with Crippen LogP contribution in [0, 0.1) is 15.5 Å². The van der Waals surface area contributed by atoms with E-state index in [1.165, 1.54) is 6.07 Å². The van der Waals surface area contributed by atoms with E-state index in [4.69, 9.17) is 0 Å². The van der Waals surface area contributed by atoms with Crippen LogP contribution < -0.4 is 10.2 Å². The highest BCUT2D eigenvalue weighted by atomic mass is 32.1. The number of carbonyl (C=O) groups excluding carboxylic acids is 2. The lowest BCUT2D eigenvalue weighted by Gasteiger charge is -2.36. The lowest BCUT2D eigenvalue weighted by Crippen LogP contribution is -2.39. The van der Waals surface area contributed by atoms with Crippen molar-refractivity contribution in [3.8, 4) is 0 Å². The van der Waals surface area contributed by atoms with E-state index in [0.29, 0.717) is 34.5 Å². The van der Waals surface area contributed by atoms with E-state index in [-0.39, 0.29) is 22.1 Å². The summed E-state index contributed by atoms with van der Waals surface area (Å²) < 4.78 is 0. The topological polar surface area (TPSA) is 92.6 Å². The second kappa shape index (κ2) is 8.22. The van der Waals surface area contributed by atoms with Gasteiger partial charge in [-0.3, -0.25) is 24.6 Å². The summed E-state index contributed by atoms with van der Waals surface area (Å²) in [6.45, 7) is 4.09. The van der Waals surface area contributed by atoms with Crippen LogP contribution >= 0.6 is 11.3 Å². The maximum atomic E-state index is 14.0. The lowest BCUT2D eigenvalue weighted by molar-refractivity contribution is -0.380. The van der Waals surface area contributed by atoms with Gasteiger partial charge in [0.15, 0.2) is 5.78 Å². The first-order valence-corrected chi connectivity index (χ1v) is 11.8. The van der Waals surface area contributed by atoms with Crippen LogP contribution in [0.3, 0.4) is 0 Å². The number of hydrogen-bond donors (Lipinski definition) is 1. The maximum Gasteiger partial charge on any atom is 0.324 e. The fourth-order valence-corrected chi connectivity index (χ4v) is 5.71. The van der Waals surface area contributed by atoms with Crippen molar-refractivity contribution in [2.75, 3.05) is 10.2 Å². The van der Waals surface area contributed by atoms with Gasteiger partial charge in [-0.15, -0.1) is 0 Å². The number of nitrogens with zero attached hydrogens (tertiary/aromatic N) is 2. The highest BCUT2D eigenvalue weighted by molar-refractivity contribution is 7.15. The summed E-state index contributed by atoms with van der Waals surface area (Å²) in [4.78, 5) is 40.8. The third kappa shape index (κ3) is 3.80. The highest BCUT2D eigenvalue weighted by Crippen LogP contribution is 2.50. The first kappa shape index (κ1) is 22.0. The Bertz CT molecular complexity index is 1340. The molecule has 2 aromatic carbocycles. The van der Waals surface area contributed by atoms with Gasteiger partial charge in [-0.2, -0.15) is 0 Å². The number of allylic oxidation sites excluding steroid dienone is 1. The van der Waals surface area contributed by atoms with Crippen LogP contribution in [0.25, 0.3) is 0 Å². The minimum atomic E-state index is -0.777. The van der Waals surface area contributed by atoms with Crippen molar-refractivity contribution in [1.29, 1.82) is 0 Å². The number of para-hydroxylation sites is 2. The van der Waals surface area contributed by atoms with Gasteiger partial charge in [-0.1, -0.05) is 55.5 Å². The predicted molar refractivity (Wildman–Crippen MR) is 132 cm³/mol. The minimum absolute atomic E-state index is 0.0293. The van der Waals surface area contributed by atoms with Crippen LogP contribution in [0.1, 0.15) is 48.0 Å². The molecule has 1 aromatic heterocycles. The van der Waals surface area contributed by atoms with E-state index in [0.717, 1.165) is 22.7 Å². The Morgan fingerprint density at radius 1 is 1.06 bits per heavy atom. The van der Waals surface area contributed by atoms with Crippen molar-refractivity contribution < 1.29 is 14.5 Å². The van der Waals surface area contributed by atoms with Gasteiger partial charge in [0.05, 0.1) is 16.3 Å². The van der Waals surface area contributed by atoms with E-state index in [2.05, 4.69) is 5.32 Å². The van der Waals surface area contributed by atoms with E-state index < -0.39 is 11.0 Å². The first-order valence-electron chi connectivity index (χ1n) is 11.0. The number of rotatable bonds is 3. The minimum Gasteiger partial charge on any atom is -0.357 e. The van der Waals surface area contributed by atoms with Crippen molar-refractivity contribution >= 4 is 39.4 Å². The summed E-state index contributed by atoms with van der Waals surface area (Å²) in [5, 5.41) is 14.9. The van der Waals surface area contributed by atoms with Gasteiger partial charge in [-0.25, -0.2) is 0 Å². The van der Waals surface area contributed by atoms with Crippen LogP contribution in [0.2, 0.25) is 0 Å². The number of carbonyl (C=O) groups is 2. The van der Waals surface area contributed by atoms with E-state index in [1.54, 1.807) is 35.2 Å². The molecule has 2 aliphatic rings. The summed E-state index contributed by atoms with van der Waals surface area (Å²) in [7, 11) is 0. The summed E-state index contributed by atoms with van der Waals surface area (Å²) in [6.07, 6.45) is 0.959. The van der Waals surface area contributed by atoms with Gasteiger partial charge < -0.3 is 5.32 Å². The van der Waals surface area contributed by atoms with Gasteiger partial charge in [-0.05, 0) is 42.2 Å². The molecule has 0 bridgehead atoms. The Balaban J connectivity index is 1.79. The SMILES string of the molecule is CC1(C)CC(=O)C2=C(C1)Nc1ccccc1N(C(=O)c1ccccc1)[C@@H]2c1ccc([N+](=O)[O-])s1. The molecule has 7 nitrogen and oxygen atoms in total. The zero-order valence-electron chi connectivity index (χ0n) is 18.8. The van der Waals surface area contributed by atoms with E-state index >= 15 is 0 Å². The lowest BCUT2D eigenvalue weighted by atomic mass is 9.74. The number of hydrogen-bond acceptors (Lipinski definition) is 6. The number of Topliss-reactive ketones (excluding diaryl/α,β-unsaturated/α-hetero) is 1. The van der Waals surface area contributed by atoms with Crippen LogP contribution in [-0.4, -0.2) is 16.6 Å². The summed E-state index contributed by atoms with van der Waals surface area (Å²) in [5.41, 5.74) is 2.83. The normalized spacial score (nSPS) is 19.1. The number of benzene rings is 2. The van der Waals surface area contributed by atoms with Crippen molar-refractivity contribution in [1.82, 2.24) is 0 Å². The van der Waals surface area contributed by atoms with Crippen molar-refractivity contribution in [3.63, 3.8) is 0 Å². The number of thiophene rings is 1. The number of ketones is 1. The van der Waals surface area contributed by atoms with Crippen molar-refractivity contribution in [2.45, 2.75) is 32.7 Å². The Hall–Kier alpha value is -3.78. The molecule has 0 radical (unpaired) electrons. The van der Waals surface area contributed by atoms with Crippen molar-refractivity contribution in [2.24, 2.45) is 5.41 Å². The second-order valence-electron chi connectivity index (χ2n) is 9.35. The molecule has 0 saturated heterocycles. The fourth-order valence-electron chi connectivity index (χ4n) is 4.79. The number of nitrogens with one attached hydrogen (secondary N) is 1. The van der Waals surface area contributed by atoms with E-state index in [1.807, 2.05) is 44.2 Å². The molecule has 0 unspecified atom stereocenters. The monoisotopic (exact) mass is 473 g/mol. The van der Waals surface area contributed by atoms with Gasteiger partial charge >= 0.3 is 5.00 Å². The molecule has 0 fully saturated rings. The zero-order chi connectivity index (χ0) is 24.0. The third-order valence-electron chi connectivity index (χ3n) is 6.20. The van der Waals surface area contributed by atoms with Crippen LogP contribution in [-0.2, 0) is 4.79 Å². The molecule has 5 rings (SSSR count). The molecule has 0 saturated carbocycles. The Morgan fingerprint density at radius 2 is 1.76 bits per heavy atom. The molecule has 1 N–H and O–H groups in total. The molecule has 2 heterocycles. The number of fused-ring (bicyclic) bond motifs is 1. The Labute approximate surface area is 200 Å². The van der Waals surface area contributed by atoms with Crippen molar-refractivity contribution in [3.05, 3.63) is 98.6 Å². The van der Waals surface area contributed by atoms with Gasteiger partial charge in [0, 0.05) is 34.2 Å². The molecular formula is C26H23N3O4S. The summed E-state index contributed by atoms with van der Waals surface area (Å²) in [6, 6.07) is 18.7. The molecule has 34 heavy (non-hydrogen) atoms. The largest absolute Gasteiger partial charge is 0.357 e. The third-order valence-corrected chi connectivity index (χ3v) is 7.29. The van der Waals surface area contributed by atoms with Gasteiger partial charge in [0.2, 0.25) is 0 Å². The number of anilines is 2. The van der Waals surface area contributed by atoms with E-state index in [9.17, 15) is 19.7 Å². The molecule has 0 spiro atoms. The molecule has 1 atom stereocenters. The van der Waals surface area contributed by atoms with Crippen LogP contribution in [0.15, 0.2) is 78.0 Å².